The smallest absolute Gasteiger partial charge is 0.258 e. The highest BCUT2D eigenvalue weighted by molar-refractivity contribution is 6.31. The van der Waals surface area contributed by atoms with Gasteiger partial charge in [-0.25, -0.2) is 0 Å². The van der Waals surface area contributed by atoms with Gasteiger partial charge in [-0.05, 0) is 30.2 Å². The van der Waals surface area contributed by atoms with Gasteiger partial charge in [0.2, 0.25) is 0 Å². The van der Waals surface area contributed by atoms with E-state index < -0.39 is 4.92 Å². The first-order valence-electron chi connectivity index (χ1n) is 6.66. The molecule has 0 saturated carbocycles. The molecule has 1 aromatic rings. The topological polar surface area (TPSA) is 66.9 Å². The highest BCUT2D eigenvalue weighted by Crippen LogP contribution is 2.34. The van der Waals surface area contributed by atoms with Gasteiger partial charge in [0.25, 0.3) is 5.69 Å². The van der Waals surface area contributed by atoms with Gasteiger partial charge in [0.15, 0.2) is 0 Å². The number of hydrogen-bond acceptors (Lipinski definition) is 3. The van der Waals surface area contributed by atoms with Crippen LogP contribution in [0.2, 0.25) is 5.02 Å². The summed E-state index contributed by atoms with van der Waals surface area (Å²) in [5.41, 5.74) is 1.57. The summed E-state index contributed by atoms with van der Waals surface area (Å²) in [5.74, 6) is 0.557. The van der Waals surface area contributed by atoms with E-state index in [9.17, 15) is 15.4 Å². The van der Waals surface area contributed by atoms with E-state index in [1.165, 1.54) is 6.07 Å². The van der Waals surface area contributed by atoms with Crippen LogP contribution < -0.4 is 0 Å². The predicted molar refractivity (Wildman–Crippen MR) is 79.9 cm³/mol. The van der Waals surface area contributed by atoms with E-state index in [1.807, 2.05) is 27.7 Å². The van der Waals surface area contributed by atoms with Crippen LogP contribution in [-0.2, 0) is 12.8 Å². The molecule has 0 amide bonds. The minimum atomic E-state index is -0.455. The van der Waals surface area contributed by atoms with Gasteiger partial charge in [-0.1, -0.05) is 39.3 Å². The van der Waals surface area contributed by atoms with Crippen molar-refractivity contribution in [1.82, 2.24) is 0 Å². The maximum Gasteiger partial charge on any atom is 0.275 e. The van der Waals surface area contributed by atoms with Crippen molar-refractivity contribution in [1.29, 1.82) is 5.26 Å². The van der Waals surface area contributed by atoms with Gasteiger partial charge >= 0.3 is 0 Å². The van der Waals surface area contributed by atoms with Crippen LogP contribution in [0.4, 0.5) is 5.69 Å². The quantitative estimate of drug-likeness (QED) is 0.592. The minimum Gasteiger partial charge on any atom is -0.258 e. The van der Waals surface area contributed by atoms with Gasteiger partial charge in [0, 0.05) is 11.6 Å². The van der Waals surface area contributed by atoms with Gasteiger partial charge in [-0.3, -0.25) is 10.1 Å². The summed E-state index contributed by atoms with van der Waals surface area (Å²) in [6.45, 7) is 8.01. The molecule has 0 saturated heterocycles. The highest BCUT2D eigenvalue weighted by atomic mass is 35.5. The number of rotatable bonds is 5. The highest BCUT2D eigenvalue weighted by Gasteiger charge is 2.24. The molecule has 4 nitrogen and oxygen atoms in total. The lowest BCUT2D eigenvalue weighted by Gasteiger charge is -2.15. The molecule has 0 aliphatic rings. The lowest BCUT2D eigenvalue weighted by Crippen LogP contribution is -2.08. The van der Waals surface area contributed by atoms with Crippen molar-refractivity contribution in [3.05, 3.63) is 37.9 Å². The molecule has 0 aromatic heterocycles. The Hall–Kier alpha value is -1.60. The van der Waals surface area contributed by atoms with Crippen molar-refractivity contribution >= 4 is 17.3 Å². The Kier molecular flexibility index (Phi) is 5.52. The predicted octanol–water partition coefficient (Wildman–Crippen LogP) is 4.52. The maximum absolute atomic E-state index is 11.2. The molecule has 5 heteroatoms. The molecule has 0 radical (unpaired) electrons. The summed E-state index contributed by atoms with van der Waals surface area (Å²) in [6.07, 6.45) is 1.15. The van der Waals surface area contributed by atoms with Crippen LogP contribution in [0.3, 0.4) is 0 Å². The summed E-state index contributed by atoms with van der Waals surface area (Å²) < 4.78 is 0. The number of nitro groups is 1. The van der Waals surface area contributed by atoms with Crippen LogP contribution in [0.25, 0.3) is 0 Å². The Labute approximate surface area is 124 Å². The van der Waals surface area contributed by atoms with Gasteiger partial charge in [-0.15, -0.1) is 0 Å². The van der Waals surface area contributed by atoms with E-state index in [4.69, 9.17) is 11.6 Å². The van der Waals surface area contributed by atoms with Gasteiger partial charge in [-0.2, -0.15) is 5.26 Å². The zero-order chi connectivity index (χ0) is 15.4. The molecule has 1 rings (SSSR count). The van der Waals surface area contributed by atoms with Crippen LogP contribution in [0.5, 0.6) is 0 Å². The molecular weight excluding hydrogens is 276 g/mol. The van der Waals surface area contributed by atoms with Crippen LogP contribution in [0, 0.1) is 33.3 Å². The second-order valence-electron chi connectivity index (χ2n) is 5.77. The normalized spacial score (nSPS) is 10.9. The monoisotopic (exact) mass is 294 g/mol. The van der Waals surface area contributed by atoms with Gasteiger partial charge in [0.1, 0.15) is 6.07 Å². The number of nitro benzene ring substituents is 1. The van der Waals surface area contributed by atoms with Crippen LogP contribution in [0.15, 0.2) is 6.07 Å². The molecule has 20 heavy (non-hydrogen) atoms. The van der Waals surface area contributed by atoms with Crippen molar-refractivity contribution in [2.45, 2.75) is 40.5 Å². The standard InChI is InChI=1S/C15H19ClN2O2/c1-9(2)5-11-13(8-17)12(6-10(3)4)15(18(19)20)7-14(11)16/h7,9-10H,5-6H2,1-4H3. The summed E-state index contributed by atoms with van der Waals surface area (Å²) >= 11 is 6.15. The van der Waals surface area contributed by atoms with Crippen LogP contribution in [0.1, 0.15) is 44.4 Å². The minimum absolute atomic E-state index is 0.0484. The van der Waals surface area contributed by atoms with Crippen molar-refractivity contribution in [2.75, 3.05) is 0 Å². The molecule has 1 aromatic carbocycles. The zero-order valence-corrected chi connectivity index (χ0v) is 13.0. The first-order chi connectivity index (χ1) is 9.27. The van der Waals surface area contributed by atoms with Gasteiger partial charge in [0.05, 0.1) is 15.5 Å². The second kappa shape index (κ2) is 6.71. The fourth-order valence-electron chi connectivity index (χ4n) is 2.24. The van der Waals surface area contributed by atoms with E-state index in [0.717, 1.165) is 5.56 Å². The average molecular weight is 295 g/mol. The number of nitrogens with zero attached hydrogens (tertiary/aromatic N) is 2. The van der Waals surface area contributed by atoms with Crippen molar-refractivity contribution in [3.63, 3.8) is 0 Å². The third kappa shape index (κ3) is 3.71. The summed E-state index contributed by atoms with van der Waals surface area (Å²) in [7, 11) is 0. The van der Waals surface area contributed by atoms with Crippen molar-refractivity contribution in [3.8, 4) is 6.07 Å². The first kappa shape index (κ1) is 16.5. The third-order valence-corrected chi connectivity index (χ3v) is 3.33. The number of nitriles is 1. The Morgan fingerprint density at radius 3 is 2.15 bits per heavy atom. The summed E-state index contributed by atoms with van der Waals surface area (Å²) in [4.78, 5) is 10.7. The third-order valence-electron chi connectivity index (χ3n) is 3.00. The molecule has 0 unspecified atom stereocenters. The summed E-state index contributed by atoms with van der Waals surface area (Å²) in [6, 6.07) is 3.51. The van der Waals surface area contributed by atoms with E-state index in [1.54, 1.807) is 0 Å². The Morgan fingerprint density at radius 1 is 1.25 bits per heavy atom. The molecule has 0 aliphatic carbocycles. The Balaban J connectivity index is 3.57. The lowest BCUT2D eigenvalue weighted by atomic mass is 9.90. The molecule has 0 N–H and O–H groups in total. The molecule has 0 spiro atoms. The molecular formula is C15H19ClN2O2. The Bertz CT molecular complexity index is 560. The van der Waals surface area contributed by atoms with Gasteiger partial charge < -0.3 is 0 Å². The lowest BCUT2D eigenvalue weighted by molar-refractivity contribution is -0.385. The first-order valence-corrected chi connectivity index (χ1v) is 7.04. The molecule has 0 aliphatic heterocycles. The van der Waals surface area contributed by atoms with E-state index in [0.29, 0.717) is 34.9 Å². The Morgan fingerprint density at radius 2 is 1.75 bits per heavy atom. The molecule has 108 valence electrons. The van der Waals surface area contributed by atoms with Crippen LogP contribution in [-0.4, -0.2) is 4.92 Å². The number of hydrogen-bond donors (Lipinski definition) is 0. The van der Waals surface area contributed by atoms with Crippen molar-refractivity contribution in [2.24, 2.45) is 11.8 Å². The molecule has 0 atom stereocenters. The van der Waals surface area contributed by atoms with E-state index in [-0.39, 0.29) is 11.6 Å². The van der Waals surface area contributed by atoms with E-state index in [2.05, 4.69) is 6.07 Å². The maximum atomic E-state index is 11.2. The fourth-order valence-corrected chi connectivity index (χ4v) is 2.52. The number of halogens is 1. The van der Waals surface area contributed by atoms with Crippen LogP contribution >= 0.6 is 11.6 Å². The summed E-state index contributed by atoms with van der Waals surface area (Å²) in [5, 5.41) is 20.9. The zero-order valence-electron chi connectivity index (χ0n) is 12.2. The molecule has 0 heterocycles. The SMILES string of the molecule is CC(C)Cc1c(Cl)cc([N+](=O)[O-])c(CC(C)C)c1C#N. The number of benzene rings is 1. The largest absolute Gasteiger partial charge is 0.275 e. The average Bonchev–Trinajstić information content (AvgIpc) is 2.31. The van der Waals surface area contributed by atoms with E-state index >= 15 is 0 Å². The van der Waals surface area contributed by atoms with Crippen molar-refractivity contribution < 1.29 is 4.92 Å². The molecule has 0 bridgehead atoms. The second-order valence-corrected chi connectivity index (χ2v) is 6.18. The molecule has 0 fully saturated rings. The fraction of sp³-hybridized carbons (Fsp3) is 0.533.